The number of rotatable bonds is 4. The monoisotopic (exact) mass is 226 g/mol. The Balaban J connectivity index is 0. The highest BCUT2D eigenvalue weighted by Crippen LogP contribution is 1.80. The molecule has 5 heteroatoms. The van der Waals surface area contributed by atoms with Crippen molar-refractivity contribution in [2.45, 2.75) is 0 Å². The van der Waals surface area contributed by atoms with Crippen molar-refractivity contribution in [1.82, 2.24) is 0 Å². The molecule has 10 heavy (non-hydrogen) atoms. The Morgan fingerprint density at radius 3 is 1.30 bits per heavy atom. The van der Waals surface area contributed by atoms with E-state index in [9.17, 15) is 0 Å². The minimum absolute atomic E-state index is 0.194. The molecular formula is C5H10Cl4O. The van der Waals surface area contributed by atoms with Crippen LogP contribution < -0.4 is 0 Å². The maximum Gasteiger partial charge on any atom is 0.0967 e. The van der Waals surface area contributed by atoms with Crippen molar-refractivity contribution in [2.75, 3.05) is 30.3 Å². The van der Waals surface area contributed by atoms with E-state index < -0.39 is 0 Å². The van der Waals surface area contributed by atoms with Gasteiger partial charge in [-0.15, -0.1) is 46.4 Å². The molecule has 0 bridgehead atoms. The van der Waals surface area contributed by atoms with E-state index in [0.717, 1.165) is 0 Å². The Bertz CT molecular complexity index is 40.6. The molecule has 0 aliphatic rings. The van der Waals surface area contributed by atoms with Crippen molar-refractivity contribution in [3.05, 3.63) is 0 Å². The Kier molecular flexibility index (Phi) is 22.7. The summed E-state index contributed by atoms with van der Waals surface area (Å²) in [6.45, 7) is 1.21. The van der Waals surface area contributed by atoms with E-state index in [1.165, 1.54) is 0 Å². The second-order valence-electron chi connectivity index (χ2n) is 1.09. The van der Waals surface area contributed by atoms with Crippen LogP contribution in [0.2, 0.25) is 0 Å². The van der Waals surface area contributed by atoms with Crippen LogP contribution in [0, 0.1) is 0 Å². The normalized spacial score (nSPS) is 8.40. The summed E-state index contributed by atoms with van der Waals surface area (Å²) in [4.78, 5) is 0. The maximum absolute atomic E-state index is 5.27. The van der Waals surface area contributed by atoms with Crippen molar-refractivity contribution in [3.8, 4) is 0 Å². The van der Waals surface area contributed by atoms with Gasteiger partial charge in [0.05, 0.1) is 18.6 Å². The summed E-state index contributed by atoms with van der Waals surface area (Å²) in [5, 5.41) is 0.194. The molecule has 0 spiro atoms. The topological polar surface area (TPSA) is 9.23 Å². The Labute approximate surface area is 81.5 Å². The molecule has 0 unspecified atom stereocenters. The lowest BCUT2D eigenvalue weighted by atomic mass is 10.8. The molecule has 0 rings (SSSR count). The molecular weight excluding hydrogens is 218 g/mol. The average Bonchev–Trinajstić information content (AvgIpc) is 1.91. The summed E-state index contributed by atoms with van der Waals surface area (Å²) in [6, 6.07) is 0. The molecule has 1 nitrogen and oxygen atoms in total. The summed E-state index contributed by atoms with van der Waals surface area (Å²) in [5.41, 5.74) is 0. The van der Waals surface area contributed by atoms with Gasteiger partial charge in [0.15, 0.2) is 0 Å². The van der Waals surface area contributed by atoms with E-state index in [0.29, 0.717) is 25.0 Å². The van der Waals surface area contributed by atoms with E-state index in [4.69, 9.17) is 51.1 Å². The van der Waals surface area contributed by atoms with Gasteiger partial charge in [-0.3, -0.25) is 0 Å². The van der Waals surface area contributed by atoms with Gasteiger partial charge in [0, 0.05) is 11.8 Å². The maximum atomic E-state index is 5.27. The van der Waals surface area contributed by atoms with Crippen LogP contribution >= 0.6 is 46.4 Å². The van der Waals surface area contributed by atoms with Crippen molar-refractivity contribution in [1.29, 1.82) is 0 Å². The molecule has 0 saturated heterocycles. The van der Waals surface area contributed by atoms with Crippen LogP contribution in [0.25, 0.3) is 0 Å². The molecule has 0 saturated carbocycles. The van der Waals surface area contributed by atoms with Crippen molar-refractivity contribution < 1.29 is 4.74 Å². The van der Waals surface area contributed by atoms with Gasteiger partial charge in [-0.2, -0.15) is 0 Å². The first-order chi connectivity index (χ1) is 4.83. The van der Waals surface area contributed by atoms with E-state index >= 15 is 0 Å². The molecule has 0 aromatic carbocycles. The number of hydrogen-bond acceptors (Lipinski definition) is 1. The fourth-order valence-electron chi connectivity index (χ4n) is 0.211. The largest absolute Gasteiger partial charge is 0.379 e. The molecule has 0 N–H and O–H groups in total. The zero-order chi connectivity index (χ0) is 8.24. The Morgan fingerprint density at radius 1 is 0.800 bits per heavy atom. The van der Waals surface area contributed by atoms with E-state index in [2.05, 4.69) is 0 Å². The third-order valence-corrected chi connectivity index (χ3v) is 0.752. The minimum atomic E-state index is 0.194. The molecule has 0 amide bonds. The lowest BCUT2D eigenvalue weighted by Crippen LogP contribution is -1.97. The van der Waals surface area contributed by atoms with Crippen LogP contribution in [0.5, 0.6) is 0 Å². The molecule has 0 fully saturated rings. The molecule has 0 aliphatic carbocycles. The fraction of sp³-hybridized carbons (Fsp3) is 1.00. The van der Waals surface area contributed by atoms with Crippen LogP contribution in [0.4, 0.5) is 0 Å². The predicted octanol–water partition coefficient (Wildman–Crippen LogP) is 2.90. The second-order valence-corrected chi connectivity index (χ2v) is 2.66. The van der Waals surface area contributed by atoms with Crippen molar-refractivity contribution in [3.63, 3.8) is 0 Å². The van der Waals surface area contributed by atoms with Gasteiger partial charge < -0.3 is 4.74 Å². The van der Waals surface area contributed by atoms with Crippen LogP contribution in [-0.2, 0) is 4.74 Å². The van der Waals surface area contributed by atoms with E-state index in [1.54, 1.807) is 0 Å². The number of alkyl halides is 4. The highest BCUT2D eigenvalue weighted by atomic mass is 35.5. The first-order valence-corrected chi connectivity index (χ1v) is 4.78. The quantitative estimate of drug-likeness (QED) is 0.530. The standard InChI is InChI=1S/C4H8Cl2O.CH2Cl2/c5-1-3-7-4-2-6;2-1-3/h1-4H2;1H2. The Hall–Kier alpha value is 1.12. The lowest BCUT2D eigenvalue weighted by molar-refractivity contribution is 0.165. The van der Waals surface area contributed by atoms with Crippen LogP contribution in [0.15, 0.2) is 0 Å². The summed E-state index contributed by atoms with van der Waals surface area (Å²) in [5.74, 6) is 1.10. The zero-order valence-corrected chi connectivity index (χ0v) is 8.48. The third-order valence-electron chi connectivity index (χ3n) is 0.443. The number of hydrogen-bond donors (Lipinski definition) is 0. The molecule has 0 aliphatic heterocycles. The van der Waals surface area contributed by atoms with E-state index in [1.807, 2.05) is 0 Å². The first-order valence-electron chi connectivity index (χ1n) is 2.65. The van der Waals surface area contributed by atoms with Gasteiger partial charge >= 0.3 is 0 Å². The van der Waals surface area contributed by atoms with Crippen LogP contribution in [0.1, 0.15) is 0 Å². The van der Waals surface area contributed by atoms with Crippen molar-refractivity contribution >= 4 is 46.4 Å². The number of halogens is 4. The highest BCUT2D eigenvalue weighted by Gasteiger charge is 1.80. The molecule has 0 aromatic rings. The molecule has 0 atom stereocenters. The fourth-order valence-corrected chi connectivity index (χ4v) is 0.429. The SMILES string of the molecule is ClCCOCCCl.ClCCl. The van der Waals surface area contributed by atoms with Gasteiger partial charge in [-0.25, -0.2) is 0 Å². The summed E-state index contributed by atoms with van der Waals surface area (Å²) < 4.78 is 4.87. The first kappa shape index (κ1) is 13.7. The zero-order valence-electron chi connectivity index (χ0n) is 5.46. The highest BCUT2D eigenvalue weighted by molar-refractivity contribution is 6.40. The summed E-state index contributed by atoms with van der Waals surface area (Å²) in [6.07, 6.45) is 0. The van der Waals surface area contributed by atoms with Gasteiger partial charge in [0.25, 0.3) is 0 Å². The van der Waals surface area contributed by atoms with E-state index in [-0.39, 0.29) is 5.34 Å². The van der Waals surface area contributed by atoms with Gasteiger partial charge in [-0.05, 0) is 0 Å². The molecule has 64 valence electrons. The third kappa shape index (κ3) is 22.9. The van der Waals surface area contributed by atoms with Gasteiger partial charge in [0.2, 0.25) is 0 Å². The summed E-state index contributed by atoms with van der Waals surface area (Å²) >= 11 is 20.1. The molecule has 0 aromatic heterocycles. The summed E-state index contributed by atoms with van der Waals surface area (Å²) in [7, 11) is 0. The minimum Gasteiger partial charge on any atom is -0.379 e. The smallest absolute Gasteiger partial charge is 0.0967 e. The average molecular weight is 228 g/mol. The Morgan fingerprint density at radius 2 is 1.10 bits per heavy atom. The lowest BCUT2D eigenvalue weighted by Gasteiger charge is -1.93. The predicted molar refractivity (Wildman–Crippen MR) is 48.8 cm³/mol. The van der Waals surface area contributed by atoms with Gasteiger partial charge in [-0.1, -0.05) is 0 Å². The van der Waals surface area contributed by atoms with Crippen LogP contribution in [0.3, 0.4) is 0 Å². The second kappa shape index (κ2) is 16.6. The van der Waals surface area contributed by atoms with Gasteiger partial charge in [0.1, 0.15) is 0 Å². The van der Waals surface area contributed by atoms with Crippen molar-refractivity contribution in [2.24, 2.45) is 0 Å². The molecule has 0 radical (unpaired) electrons. The molecule has 0 heterocycles. The van der Waals surface area contributed by atoms with Crippen LogP contribution in [-0.4, -0.2) is 30.3 Å². The number of ether oxygens (including phenoxy) is 1.